The van der Waals surface area contributed by atoms with Crippen LogP contribution >= 0.6 is 0 Å². The highest BCUT2D eigenvalue weighted by molar-refractivity contribution is 5.50. The number of nitrogens with one attached hydrogen (secondary N) is 2. The quantitative estimate of drug-likeness (QED) is 0.552. The lowest BCUT2D eigenvalue weighted by atomic mass is 10.2. The molecule has 2 rings (SSSR count). The average molecular weight is 248 g/mol. The van der Waals surface area contributed by atoms with Crippen molar-refractivity contribution in [3.05, 3.63) is 39.7 Å². The molecule has 0 saturated heterocycles. The third-order valence-corrected chi connectivity index (χ3v) is 2.48. The average Bonchev–Trinajstić information content (AvgIpc) is 2.73. The minimum absolute atomic E-state index is 0.0349. The van der Waals surface area contributed by atoms with Gasteiger partial charge in [0.25, 0.3) is 5.69 Å². The van der Waals surface area contributed by atoms with E-state index in [2.05, 4.69) is 20.5 Å². The highest BCUT2D eigenvalue weighted by Gasteiger charge is 2.12. The van der Waals surface area contributed by atoms with Crippen LogP contribution in [0.3, 0.4) is 0 Å². The summed E-state index contributed by atoms with van der Waals surface area (Å²) in [6.45, 7) is 2.04. The number of H-pyrrole nitrogens is 1. The van der Waals surface area contributed by atoms with Gasteiger partial charge in [0.2, 0.25) is 0 Å². The lowest BCUT2D eigenvalue weighted by Crippen LogP contribution is -2.04. The third kappa shape index (κ3) is 2.37. The van der Waals surface area contributed by atoms with E-state index >= 15 is 0 Å². The van der Waals surface area contributed by atoms with Crippen molar-refractivity contribution in [3.63, 3.8) is 0 Å². The van der Waals surface area contributed by atoms with Crippen LogP contribution in [-0.4, -0.2) is 20.1 Å². The summed E-state index contributed by atoms with van der Waals surface area (Å²) in [6, 6.07) is 1.39. The Morgan fingerprint density at radius 2 is 2.33 bits per heavy atom. The molecule has 0 aliphatic heterocycles. The Labute approximate surface area is 102 Å². The van der Waals surface area contributed by atoms with Gasteiger partial charge in [-0.25, -0.2) is 4.98 Å². The number of nitro groups is 1. The summed E-state index contributed by atoms with van der Waals surface area (Å²) in [5.74, 6) is 0.886. The molecule has 0 aliphatic rings. The van der Waals surface area contributed by atoms with Gasteiger partial charge >= 0.3 is 0 Å². The Balaban J connectivity index is 2.13. The molecule has 8 nitrogen and oxygen atoms in total. The smallest absolute Gasteiger partial charge is 0.277 e. The van der Waals surface area contributed by atoms with Gasteiger partial charge in [-0.1, -0.05) is 0 Å². The highest BCUT2D eigenvalue weighted by Crippen LogP contribution is 2.20. The molecule has 0 unspecified atom stereocenters. The van der Waals surface area contributed by atoms with E-state index in [1.807, 2.05) is 0 Å². The van der Waals surface area contributed by atoms with Crippen LogP contribution in [0.15, 0.2) is 18.5 Å². The number of hydrogen-bond donors (Lipinski definition) is 3. The van der Waals surface area contributed by atoms with Gasteiger partial charge in [0, 0.05) is 23.9 Å². The zero-order valence-electron chi connectivity index (χ0n) is 9.67. The van der Waals surface area contributed by atoms with E-state index in [4.69, 9.17) is 5.73 Å². The molecular weight excluding hydrogens is 236 g/mol. The number of pyridine rings is 1. The fourth-order valence-electron chi connectivity index (χ4n) is 1.45. The molecule has 2 aromatic heterocycles. The molecule has 2 aromatic rings. The van der Waals surface area contributed by atoms with Crippen LogP contribution < -0.4 is 11.1 Å². The number of nitrogens with two attached hydrogens (primary N) is 1. The normalized spacial score (nSPS) is 10.3. The molecule has 8 heteroatoms. The largest absolute Gasteiger partial charge is 0.384 e. The summed E-state index contributed by atoms with van der Waals surface area (Å²) >= 11 is 0. The Morgan fingerprint density at radius 3 is 2.94 bits per heavy atom. The molecule has 94 valence electrons. The van der Waals surface area contributed by atoms with E-state index in [9.17, 15) is 10.1 Å². The van der Waals surface area contributed by atoms with E-state index in [0.717, 1.165) is 5.56 Å². The molecule has 0 saturated carbocycles. The van der Waals surface area contributed by atoms with Gasteiger partial charge < -0.3 is 11.1 Å². The fraction of sp³-hybridized carbons (Fsp3) is 0.200. The van der Waals surface area contributed by atoms with Crippen molar-refractivity contribution in [2.45, 2.75) is 13.5 Å². The van der Waals surface area contributed by atoms with Crippen molar-refractivity contribution >= 4 is 17.3 Å². The van der Waals surface area contributed by atoms with Crippen LogP contribution in [0, 0.1) is 17.0 Å². The first-order chi connectivity index (χ1) is 8.58. The van der Waals surface area contributed by atoms with Crippen molar-refractivity contribution < 1.29 is 4.92 Å². The van der Waals surface area contributed by atoms with Gasteiger partial charge in [-0.2, -0.15) is 5.10 Å². The third-order valence-electron chi connectivity index (χ3n) is 2.48. The minimum atomic E-state index is -0.436. The van der Waals surface area contributed by atoms with E-state index in [0.29, 0.717) is 23.7 Å². The molecule has 0 aromatic carbocycles. The molecule has 0 radical (unpaired) electrons. The summed E-state index contributed by atoms with van der Waals surface area (Å²) in [4.78, 5) is 14.4. The molecule has 0 fully saturated rings. The van der Waals surface area contributed by atoms with E-state index in [1.165, 1.54) is 12.3 Å². The first-order valence-corrected chi connectivity index (χ1v) is 5.20. The first kappa shape index (κ1) is 11.8. The van der Waals surface area contributed by atoms with Crippen molar-refractivity contribution in [2.24, 2.45) is 0 Å². The first-order valence-electron chi connectivity index (χ1n) is 5.20. The fourth-order valence-corrected chi connectivity index (χ4v) is 1.45. The molecule has 0 spiro atoms. The summed E-state index contributed by atoms with van der Waals surface area (Å²) in [6.07, 6.45) is 3.05. The molecular formula is C10H12N6O2. The predicted octanol–water partition coefficient (Wildman–Crippen LogP) is 1.22. The van der Waals surface area contributed by atoms with Gasteiger partial charge in [0.05, 0.1) is 17.2 Å². The molecule has 0 bridgehead atoms. The van der Waals surface area contributed by atoms with Crippen LogP contribution in [0.25, 0.3) is 0 Å². The Kier molecular flexibility index (Phi) is 3.09. The van der Waals surface area contributed by atoms with Gasteiger partial charge in [-0.3, -0.25) is 15.2 Å². The second-order valence-electron chi connectivity index (χ2n) is 3.78. The Bertz CT molecular complexity index is 579. The number of nitrogens with zero attached hydrogens (tertiary/aromatic N) is 3. The zero-order valence-corrected chi connectivity index (χ0v) is 9.67. The van der Waals surface area contributed by atoms with Crippen molar-refractivity contribution in [2.75, 3.05) is 11.1 Å². The van der Waals surface area contributed by atoms with Crippen LogP contribution in [0.1, 0.15) is 11.1 Å². The number of rotatable bonds is 4. The summed E-state index contributed by atoms with van der Waals surface area (Å²) in [7, 11) is 0. The molecule has 0 amide bonds. The van der Waals surface area contributed by atoms with E-state index in [1.54, 1.807) is 13.1 Å². The van der Waals surface area contributed by atoms with Gasteiger partial charge in [0.1, 0.15) is 11.6 Å². The maximum Gasteiger partial charge on any atom is 0.277 e. The van der Waals surface area contributed by atoms with Crippen LogP contribution in [-0.2, 0) is 6.54 Å². The summed E-state index contributed by atoms with van der Waals surface area (Å²) in [5, 5.41) is 20.1. The Morgan fingerprint density at radius 1 is 1.56 bits per heavy atom. The van der Waals surface area contributed by atoms with Crippen LogP contribution in [0.5, 0.6) is 0 Å². The number of hydrogen-bond acceptors (Lipinski definition) is 6. The monoisotopic (exact) mass is 248 g/mol. The summed E-state index contributed by atoms with van der Waals surface area (Å²) < 4.78 is 0. The second kappa shape index (κ2) is 4.70. The number of anilines is 2. The van der Waals surface area contributed by atoms with E-state index < -0.39 is 4.92 Å². The topological polar surface area (TPSA) is 123 Å². The van der Waals surface area contributed by atoms with Crippen LogP contribution in [0.2, 0.25) is 0 Å². The van der Waals surface area contributed by atoms with Crippen molar-refractivity contribution in [1.82, 2.24) is 15.2 Å². The van der Waals surface area contributed by atoms with Crippen LogP contribution in [0.4, 0.5) is 17.3 Å². The molecule has 18 heavy (non-hydrogen) atoms. The SMILES string of the molecule is Cc1cnc(NCc2cn[nH]c2N)cc1[N+](=O)[O-]. The number of aryl methyl sites for hydroxylation is 1. The lowest BCUT2D eigenvalue weighted by Gasteiger charge is -2.05. The maximum atomic E-state index is 10.8. The number of aromatic amines is 1. The van der Waals surface area contributed by atoms with Gasteiger partial charge in [-0.15, -0.1) is 0 Å². The predicted molar refractivity (Wildman–Crippen MR) is 66.0 cm³/mol. The zero-order chi connectivity index (χ0) is 13.1. The molecule has 0 aliphatic carbocycles. The van der Waals surface area contributed by atoms with Gasteiger partial charge in [0.15, 0.2) is 0 Å². The Hall–Kier alpha value is -2.64. The standard InChI is InChI=1S/C10H12N6O2/c1-6-3-12-9(2-8(6)16(17)18)13-4-7-5-14-15-10(7)11/h2-3,5H,4H2,1H3,(H,12,13)(H3,11,14,15). The molecule has 2 heterocycles. The second-order valence-corrected chi connectivity index (χ2v) is 3.78. The highest BCUT2D eigenvalue weighted by atomic mass is 16.6. The molecule has 0 atom stereocenters. The van der Waals surface area contributed by atoms with E-state index in [-0.39, 0.29) is 5.69 Å². The lowest BCUT2D eigenvalue weighted by molar-refractivity contribution is -0.385. The number of nitrogen functional groups attached to an aromatic ring is 1. The molecule has 4 N–H and O–H groups in total. The van der Waals surface area contributed by atoms with Crippen molar-refractivity contribution in [3.8, 4) is 0 Å². The van der Waals surface area contributed by atoms with Crippen molar-refractivity contribution in [1.29, 1.82) is 0 Å². The number of aromatic nitrogens is 3. The van der Waals surface area contributed by atoms with Gasteiger partial charge in [-0.05, 0) is 6.92 Å². The maximum absolute atomic E-state index is 10.8. The summed E-state index contributed by atoms with van der Waals surface area (Å²) in [5.41, 5.74) is 6.95. The minimum Gasteiger partial charge on any atom is -0.384 e.